The molecule has 3 nitrogen and oxygen atoms in total. The summed E-state index contributed by atoms with van der Waals surface area (Å²) in [5.41, 5.74) is 7.06. The van der Waals surface area contributed by atoms with E-state index in [1.54, 1.807) is 36.4 Å². The number of carbonyl (C=O) groups is 1. The van der Waals surface area contributed by atoms with Gasteiger partial charge in [-0.25, -0.2) is 0 Å². The Morgan fingerprint density at radius 1 is 1.11 bits per heavy atom. The molecule has 0 saturated heterocycles. The molecule has 98 valence electrons. The highest BCUT2D eigenvalue weighted by molar-refractivity contribution is 9.10. The summed E-state index contributed by atoms with van der Waals surface area (Å²) < 4.78 is 0.774. The fourth-order valence-corrected chi connectivity index (χ4v) is 2.44. The number of hydrogen-bond acceptors (Lipinski definition) is 2. The quantitative estimate of drug-likeness (QED) is 0.770. The van der Waals surface area contributed by atoms with Crippen LogP contribution < -0.4 is 11.1 Å². The van der Waals surface area contributed by atoms with Crippen LogP contribution in [0.2, 0.25) is 10.0 Å². The van der Waals surface area contributed by atoms with Gasteiger partial charge >= 0.3 is 0 Å². The van der Waals surface area contributed by atoms with Crippen LogP contribution in [0.3, 0.4) is 0 Å². The summed E-state index contributed by atoms with van der Waals surface area (Å²) in [7, 11) is 0. The summed E-state index contributed by atoms with van der Waals surface area (Å²) in [6.45, 7) is 0. The molecule has 0 aliphatic carbocycles. The average molecular weight is 360 g/mol. The number of nitrogens with one attached hydrogen (secondary N) is 1. The summed E-state index contributed by atoms with van der Waals surface area (Å²) >= 11 is 15.0. The zero-order valence-electron chi connectivity index (χ0n) is 9.58. The molecule has 3 N–H and O–H groups in total. The van der Waals surface area contributed by atoms with Crippen molar-refractivity contribution in [3.63, 3.8) is 0 Å². The Balaban J connectivity index is 2.28. The minimum atomic E-state index is -0.322. The van der Waals surface area contributed by atoms with Crippen molar-refractivity contribution in [3.8, 4) is 0 Å². The lowest BCUT2D eigenvalue weighted by atomic mass is 10.1. The molecule has 0 aromatic heterocycles. The van der Waals surface area contributed by atoms with E-state index in [1.807, 2.05) is 0 Å². The van der Waals surface area contributed by atoms with Crippen LogP contribution in [0, 0.1) is 0 Å². The average Bonchev–Trinajstić information content (AvgIpc) is 2.30. The molecule has 0 aliphatic heterocycles. The molecule has 0 bridgehead atoms. The zero-order chi connectivity index (χ0) is 14.0. The number of carbonyl (C=O) groups excluding carboxylic acids is 1. The van der Waals surface area contributed by atoms with E-state index in [9.17, 15) is 4.79 Å². The zero-order valence-corrected chi connectivity index (χ0v) is 12.7. The molecular weight excluding hydrogens is 351 g/mol. The number of hydrogen-bond donors (Lipinski definition) is 2. The van der Waals surface area contributed by atoms with Gasteiger partial charge in [-0.05, 0) is 36.4 Å². The van der Waals surface area contributed by atoms with Crippen LogP contribution in [0.25, 0.3) is 0 Å². The maximum atomic E-state index is 12.1. The first-order valence-corrected chi connectivity index (χ1v) is 6.83. The van der Waals surface area contributed by atoms with Crippen LogP contribution in [0.1, 0.15) is 10.4 Å². The highest BCUT2D eigenvalue weighted by Gasteiger charge is 2.11. The van der Waals surface area contributed by atoms with Crippen molar-refractivity contribution < 1.29 is 4.79 Å². The maximum Gasteiger partial charge on any atom is 0.257 e. The summed E-state index contributed by atoms with van der Waals surface area (Å²) in [5.74, 6) is -0.322. The lowest BCUT2D eigenvalue weighted by Crippen LogP contribution is -2.14. The Bertz CT molecular complexity index is 626. The highest BCUT2D eigenvalue weighted by atomic mass is 79.9. The molecule has 2 aromatic rings. The molecular formula is C13H9BrCl2N2O. The molecule has 0 saturated carbocycles. The lowest BCUT2D eigenvalue weighted by Gasteiger charge is -2.08. The number of nitrogens with two attached hydrogens (primary N) is 1. The molecule has 2 rings (SSSR count). The molecule has 19 heavy (non-hydrogen) atoms. The minimum absolute atomic E-state index is 0.322. The first-order chi connectivity index (χ1) is 8.95. The van der Waals surface area contributed by atoms with Gasteiger partial charge in [-0.2, -0.15) is 0 Å². The number of benzene rings is 2. The van der Waals surface area contributed by atoms with Gasteiger partial charge in [0.15, 0.2) is 0 Å². The van der Waals surface area contributed by atoms with Crippen molar-refractivity contribution in [1.29, 1.82) is 0 Å². The van der Waals surface area contributed by atoms with E-state index >= 15 is 0 Å². The molecule has 0 heterocycles. The SMILES string of the molecule is Nc1ccc(Br)cc1C(=O)Nc1cc(Cl)cc(Cl)c1. The number of anilines is 2. The van der Waals surface area contributed by atoms with E-state index in [4.69, 9.17) is 28.9 Å². The Kier molecular flexibility index (Phi) is 4.34. The second kappa shape index (κ2) is 5.82. The molecule has 0 unspecified atom stereocenters. The van der Waals surface area contributed by atoms with Crippen molar-refractivity contribution in [2.75, 3.05) is 11.1 Å². The molecule has 6 heteroatoms. The van der Waals surface area contributed by atoms with Crippen LogP contribution >= 0.6 is 39.1 Å². The van der Waals surface area contributed by atoms with Gasteiger partial charge in [0.1, 0.15) is 0 Å². The summed E-state index contributed by atoms with van der Waals surface area (Å²) in [6.07, 6.45) is 0. The third kappa shape index (κ3) is 3.62. The van der Waals surface area contributed by atoms with Crippen LogP contribution in [0.4, 0.5) is 11.4 Å². The molecule has 0 spiro atoms. The van der Waals surface area contributed by atoms with Gasteiger partial charge < -0.3 is 11.1 Å². The van der Waals surface area contributed by atoms with Crippen LogP contribution in [-0.4, -0.2) is 5.91 Å². The van der Waals surface area contributed by atoms with Gasteiger partial charge in [0.2, 0.25) is 0 Å². The minimum Gasteiger partial charge on any atom is -0.398 e. The van der Waals surface area contributed by atoms with E-state index in [1.165, 1.54) is 0 Å². The molecule has 1 amide bonds. The summed E-state index contributed by atoms with van der Waals surface area (Å²) in [4.78, 5) is 12.1. The molecule has 0 aliphatic rings. The van der Waals surface area contributed by atoms with E-state index in [0.29, 0.717) is 27.0 Å². The first-order valence-electron chi connectivity index (χ1n) is 5.28. The second-order valence-corrected chi connectivity index (χ2v) is 5.63. The Hall–Kier alpha value is -1.23. The third-order valence-corrected chi connectivity index (χ3v) is 3.31. The molecule has 0 fully saturated rings. The molecule has 0 radical (unpaired) electrons. The Morgan fingerprint density at radius 3 is 2.37 bits per heavy atom. The van der Waals surface area contributed by atoms with Crippen LogP contribution in [-0.2, 0) is 0 Å². The summed E-state index contributed by atoms with van der Waals surface area (Å²) in [6, 6.07) is 9.88. The van der Waals surface area contributed by atoms with Gasteiger partial charge in [0.05, 0.1) is 5.56 Å². The predicted octanol–water partition coefficient (Wildman–Crippen LogP) is 4.59. The maximum absolute atomic E-state index is 12.1. The van der Waals surface area contributed by atoms with E-state index in [0.717, 1.165) is 4.47 Å². The topological polar surface area (TPSA) is 55.1 Å². The van der Waals surface area contributed by atoms with Crippen LogP contribution in [0.5, 0.6) is 0 Å². The fraction of sp³-hybridized carbons (Fsp3) is 0. The van der Waals surface area contributed by atoms with Gasteiger partial charge in [0, 0.05) is 25.9 Å². The lowest BCUT2D eigenvalue weighted by molar-refractivity contribution is 0.102. The monoisotopic (exact) mass is 358 g/mol. The smallest absolute Gasteiger partial charge is 0.257 e. The second-order valence-electron chi connectivity index (χ2n) is 3.84. The summed E-state index contributed by atoms with van der Waals surface area (Å²) in [5, 5.41) is 3.60. The molecule has 0 atom stereocenters. The van der Waals surface area contributed by atoms with Crippen molar-refractivity contribution in [2.24, 2.45) is 0 Å². The van der Waals surface area contributed by atoms with Crippen molar-refractivity contribution in [3.05, 3.63) is 56.5 Å². The van der Waals surface area contributed by atoms with E-state index in [-0.39, 0.29) is 5.91 Å². The van der Waals surface area contributed by atoms with Crippen LogP contribution in [0.15, 0.2) is 40.9 Å². The van der Waals surface area contributed by atoms with Gasteiger partial charge in [-0.1, -0.05) is 39.1 Å². The number of amides is 1. The van der Waals surface area contributed by atoms with Crippen molar-refractivity contribution in [1.82, 2.24) is 0 Å². The third-order valence-electron chi connectivity index (χ3n) is 2.38. The van der Waals surface area contributed by atoms with Gasteiger partial charge in [-0.15, -0.1) is 0 Å². The predicted molar refractivity (Wildman–Crippen MR) is 83.0 cm³/mol. The van der Waals surface area contributed by atoms with Crippen molar-refractivity contribution in [2.45, 2.75) is 0 Å². The van der Waals surface area contributed by atoms with E-state index in [2.05, 4.69) is 21.2 Å². The van der Waals surface area contributed by atoms with Gasteiger partial charge in [0.25, 0.3) is 5.91 Å². The Morgan fingerprint density at radius 2 is 1.74 bits per heavy atom. The normalized spacial score (nSPS) is 10.3. The van der Waals surface area contributed by atoms with E-state index < -0.39 is 0 Å². The van der Waals surface area contributed by atoms with Crippen molar-refractivity contribution >= 4 is 56.4 Å². The number of halogens is 3. The van der Waals surface area contributed by atoms with Gasteiger partial charge in [-0.3, -0.25) is 4.79 Å². The fourth-order valence-electron chi connectivity index (χ4n) is 1.55. The highest BCUT2D eigenvalue weighted by Crippen LogP contribution is 2.24. The molecule has 2 aromatic carbocycles. The first kappa shape index (κ1) is 14.2. The number of rotatable bonds is 2. The largest absolute Gasteiger partial charge is 0.398 e. The standard InChI is InChI=1S/C13H9BrCl2N2O/c14-7-1-2-12(17)11(3-7)13(19)18-10-5-8(15)4-9(16)6-10/h1-6H,17H2,(H,18,19). The number of nitrogen functional groups attached to an aromatic ring is 1. The Labute approximate surface area is 128 Å².